The van der Waals surface area contributed by atoms with Gasteiger partial charge in [0.1, 0.15) is 6.17 Å². The second-order valence-electron chi connectivity index (χ2n) is 12.5. The largest absolute Gasteiger partial charge is 0.418 e. The Kier molecular flexibility index (Phi) is 7.52. The van der Waals surface area contributed by atoms with Gasteiger partial charge in [0.15, 0.2) is 0 Å². The van der Waals surface area contributed by atoms with Crippen LogP contribution in [0.25, 0.3) is 5.52 Å². The average Bonchev–Trinajstić information content (AvgIpc) is 3.47. The first-order valence-corrected chi connectivity index (χ1v) is 14.5. The summed E-state index contributed by atoms with van der Waals surface area (Å²) in [7, 11) is 2.07. The number of hydrazine groups is 1. The topological polar surface area (TPSA) is 66.2 Å². The summed E-state index contributed by atoms with van der Waals surface area (Å²) in [6.07, 6.45) is 2.79. The van der Waals surface area contributed by atoms with Crippen molar-refractivity contribution in [1.29, 1.82) is 0 Å². The summed E-state index contributed by atoms with van der Waals surface area (Å²) in [6, 6.07) is 0.651. The zero-order valence-electron chi connectivity index (χ0n) is 23.2. The van der Waals surface area contributed by atoms with E-state index in [4.69, 9.17) is 4.74 Å². The Morgan fingerprint density at radius 1 is 1.15 bits per heavy atom. The molecule has 0 aromatic carbocycles. The molecule has 40 heavy (non-hydrogen) atoms. The molecule has 1 saturated carbocycles. The molecule has 12 heteroatoms. The predicted octanol–water partition coefficient (Wildman–Crippen LogP) is 4.08. The number of piperidine rings is 1. The van der Waals surface area contributed by atoms with Crippen LogP contribution in [0.2, 0.25) is 0 Å². The Bertz CT molecular complexity index is 1270. The van der Waals surface area contributed by atoms with Crippen LogP contribution in [-0.2, 0) is 10.9 Å². The standard InChI is InChI=1S/C28H40F4N6O2/c1-18(36-8-6-21(29)7-9-36)19-10-23(28(30,31)32)24-14-37(26(39)38(24)13-19)22-5-3-4-20(11-22)27(15-40-16-27)12-25-34-33-17-35(25)2/h10,13-14,18,20-22,25,33-34H,3-9,11-12,15-17H2,1-2H3/t18-,20?,22?,25?/m0/s1. The maximum absolute atomic E-state index is 14.3. The van der Waals surface area contributed by atoms with Crippen LogP contribution in [0.3, 0.4) is 0 Å². The molecule has 6 rings (SSSR count). The van der Waals surface area contributed by atoms with Gasteiger partial charge in [-0.3, -0.25) is 18.8 Å². The summed E-state index contributed by atoms with van der Waals surface area (Å²) < 4.78 is 65.1. The molecule has 2 N–H and O–H groups in total. The van der Waals surface area contributed by atoms with E-state index < -0.39 is 23.6 Å². The van der Waals surface area contributed by atoms with Gasteiger partial charge in [-0.05, 0) is 70.0 Å². The molecule has 4 fully saturated rings. The SMILES string of the molecule is C[C@@H](c1cc(C(F)(F)F)c2cn(C3CCCC(C4(CC5NNCN5C)COC4)C3)c(=O)n2c1)N1CCC(F)CC1. The summed E-state index contributed by atoms with van der Waals surface area (Å²) in [5, 5.41) is 0. The van der Waals surface area contributed by atoms with Gasteiger partial charge in [-0.25, -0.2) is 20.0 Å². The van der Waals surface area contributed by atoms with Crippen LogP contribution in [0.5, 0.6) is 0 Å². The van der Waals surface area contributed by atoms with Crippen molar-refractivity contribution >= 4 is 5.52 Å². The van der Waals surface area contributed by atoms with Gasteiger partial charge >= 0.3 is 11.9 Å². The minimum Gasteiger partial charge on any atom is -0.380 e. The Labute approximate surface area is 231 Å². The highest BCUT2D eigenvalue weighted by Crippen LogP contribution is 2.49. The first-order chi connectivity index (χ1) is 19.1. The summed E-state index contributed by atoms with van der Waals surface area (Å²) in [6.45, 7) is 4.89. The van der Waals surface area contributed by atoms with Crippen LogP contribution in [0, 0.1) is 11.3 Å². The van der Waals surface area contributed by atoms with Crippen LogP contribution in [-0.4, -0.2) is 71.1 Å². The number of likely N-dealkylation sites (tertiary alicyclic amines) is 1. The number of hydrogen-bond donors (Lipinski definition) is 2. The molecule has 222 valence electrons. The van der Waals surface area contributed by atoms with Gasteiger partial charge in [0.25, 0.3) is 0 Å². The molecule has 3 aliphatic heterocycles. The molecule has 0 radical (unpaired) electrons. The number of rotatable bonds is 6. The molecule has 0 amide bonds. The van der Waals surface area contributed by atoms with Crippen LogP contribution >= 0.6 is 0 Å². The van der Waals surface area contributed by atoms with Gasteiger partial charge in [0, 0.05) is 43.0 Å². The zero-order valence-corrected chi connectivity index (χ0v) is 23.2. The molecule has 3 saturated heterocycles. The number of ether oxygens (including phenoxy) is 1. The van der Waals surface area contributed by atoms with Crippen LogP contribution in [0.15, 0.2) is 23.3 Å². The van der Waals surface area contributed by atoms with E-state index in [1.54, 1.807) is 10.8 Å². The monoisotopic (exact) mass is 568 g/mol. The normalized spacial score (nSPS) is 29.6. The first-order valence-electron chi connectivity index (χ1n) is 14.5. The van der Waals surface area contributed by atoms with E-state index >= 15 is 0 Å². The predicted molar refractivity (Wildman–Crippen MR) is 142 cm³/mol. The molecule has 5 heterocycles. The van der Waals surface area contributed by atoms with Crippen molar-refractivity contribution in [3.05, 3.63) is 40.1 Å². The van der Waals surface area contributed by atoms with Gasteiger partial charge < -0.3 is 4.74 Å². The number of fused-ring (bicyclic) bond motifs is 1. The smallest absolute Gasteiger partial charge is 0.380 e. The van der Waals surface area contributed by atoms with Gasteiger partial charge in [-0.2, -0.15) is 13.2 Å². The second kappa shape index (κ2) is 10.7. The van der Waals surface area contributed by atoms with Crippen molar-refractivity contribution in [2.24, 2.45) is 11.3 Å². The molecule has 2 aromatic heterocycles. The zero-order chi connectivity index (χ0) is 28.2. The molecule has 4 atom stereocenters. The van der Waals surface area contributed by atoms with Crippen molar-refractivity contribution in [2.75, 3.05) is 40.0 Å². The van der Waals surface area contributed by atoms with Crippen molar-refractivity contribution < 1.29 is 22.3 Å². The van der Waals surface area contributed by atoms with E-state index in [1.807, 2.05) is 11.8 Å². The van der Waals surface area contributed by atoms with Crippen LogP contribution < -0.4 is 16.5 Å². The van der Waals surface area contributed by atoms with Crippen molar-refractivity contribution in [2.45, 2.75) is 82.5 Å². The number of hydrogen-bond acceptors (Lipinski definition) is 6. The summed E-state index contributed by atoms with van der Waals surface area (Å²) in [5.41, 5.74) is 5.59. The molecule has 2 aromatic rings. The number of aromatic nitrogens is 2. The molecular formula is C28H40F4N6O2. The highest BCUT2D eigenvalue weighted by atomic mass is 19.4. The first kappa shape index (κ1) is 28.1. The summed E-state index contributed by atoms with van der Waals surface area (Å²) >= 11 is 0. The number of halogens is 4. The second-order valence-corrected chi connectivity index (χ2v) is 12.5. The fourth-order valence-electron chi connectivity index (χ4n) is 7.37. The van der Waals surface area contributed by atoms with Gasteiger partial charge in [-0.1, -0.05) is 6.42 Å². The third-order valence-electron chi connectivity index (χ3n) is 10.0. The van der Waals surface area contributed by atoms with Crippen LogP contribution in [0.4, 0.5) is 17.6 Å². The number of imidazole rings is 1. The molecule has 4 aliphatic rings. The summed E-state index contributed by atoms with van der Waals surface area (Å²) in [5.74, 6) is 0.321. The van der Waals surface area contributed by atoms with Crippen molar-refractivity contribution in [3.8, 4) is 0 Å². The maximum atomic E-state index is 14.3. The third-order valence-corrected chi connectivity index (χ3v) is 10.0. The molecule has 0 spiro atoms. The van der Waals surface area contributed by atoms with E-state index in [-0.39, 0.29) is 29.2 Å². The maximum Gasteiger partial charge on any atom is 0.418 e. The highest BCUT2D eigenvalue weighted by molar-refractivity contribution is 5.56. The van der Waals surface area contributed by atoms with Crippen molar-refractivity contribution in [1.82, 2.24) is 29.6 Å². The lowest BCUT2D eigenvalue weighted by atomic mass is 9.64. The van der Waals surface area contributed by atoms with E-state index in [2.05, 4.69) is 22.8 Å². The number of nitrogens with zero attached hydrogens (tertiary/aromatic N) is 4. The number of pyridine rings is 1. The van der Waals surface area contributed by atoms with Crippen LogP contribution in [0.1, 0.15) is 75.1 Å². The van der Waals surface area contributed by atoms with E-state index in [0.29, 0.717) is 50.6 Å². The fraction of sp³-hybridized carbons (Fsp3) is 0.750. The minimum absolute atomic E-state index is 0.00776. The Balaban J connectivity index is 1.30. The number of alkyl halides is 4. The highest BCUT2D eigenvalue weighted by Gasteiger charge is 2.49. The Morgan fingerprint density at radius 2 is 1.90 bits per heavy atom. The minimum atomic E-state index is -4.61. The molecule has 8 nitrogen and oxygen atoms in total. The summed E-state index contributed by atoms with van der Waals surface area (Å²) in [4.78, 5) is 17.9. The van der Waals surface area contributed by atoms with Gasteiger partial charge in [0.2, 0.25) is 0 Å². The van der Waals surface area contributed by atoms with Gasteiger partial charge in [0.05, 0.1) is 37.1 Å². The quantitative estimate of drug-likeness (QED) is 0.513. The fourth-order valence-corrected chi connectivity index (χ4v) is 7.37. The van der Waals surface area contributed by atoms with E-state index in [9.17, 15) is 22.4 Å². The van der Waals surface area contributed by atoms with E-state index in [0.717, 1.165) is 38.8 Å². The average molecular weight is 569 g/mol. The molecule has 3 unspecified atom stereocenters. The Morgan fingerprint density at radius 3 is 2.52 bits per heavy atom. The van der Waals surface area contributed by atoms with Gasteiger partial charge in [-0.15, -0.1) is 0 Å². The lowest BCUT2D eigenvalue weighted by molar-refractivity contribution is -0.167. The Hall–Kier alpha value is -1.99. The van der Waals surface area contributed by atoms with Crippen molar-refractivity contribution in [3.63, 3.8) is 0 Å². The molecular weight excluding hydrogens is 528 g/mol. The third kappa shape index (κ3) is 5.10. The van der Waals surface area contributed by atoms with E-state index in [1.165, 1.54) is 16.7 Å². The molecule has 0 bridgehead atoms. The molecule has 1 aliphatic carbocycles. The lowest BCUT2D eigenvalue weighted by Crippen LogP contribution is -2.54. The lowest BCUT2D eigenvalue weighted by Gasteiger charge is -2.51. The number of nitrogens with one attached hydrogen (secondary N) is 2.